The van der Waals surface area contributed by atoms with Crippen LogP contribution in [0.5, 0.6) is 5.75 Å². The van der Waals surface area contributed by atoms with E-state index in [9.17, 15) is 62.3 Å². The number of nitrogens with one attached hydrogen (secondary N) is 1. The molecule has 5 atom stereocenters. The van der Waals surface area contributed by atoms with Gasteiger partial charge in [-0.05, 0) is 141 Å². The van der Waals surface area contributed by atoms with Gasteiger partial charge in [0.25, 0.3) is 5.91 Å². The fourth-order valence-electron chi connectivity index (χ4n) is 14.3. The molecule has 18 rings (SSSR count). The van der Waals surface area contributed by atoms with Gasteiger partial charge in [-0.15, -0.1) is 23.5 Å². The average molecular weight is 1850 g/mol. The summed E-state index contributed by atoms with van der Waals surface area (Å²) < 4.78 is 6.44. The molecule has 0 spiro atoms. The highest BCUT2D eigenvalue weighted by molar-refractivity contribution is 9.10. The molecule has 5 amide bonds. The number of halogens is 7. The fourth-order valence-corrected chi connectivity index (χ4v) is 17.9. The molecule has 1 N–H and O–H groups in total. The number of Topliss-reactive ketones (excluding diaryl/α,β-unsaturated/α-hetero) is 8. The molecule has 0 fully saturated rings. The molecular formula is C92H77BrCl6N6O14S2. The van der Waals surface area contributed by atoms with Crippen molar-refractivity contribution in [2.24, 2.45) is 0 Å². The number of hydrogen-bond acceptors (Lipinski definition) is 17. The summed E-state index contributed by atoms with van der Waals surface area (Å²) >= 11 is 41.7. The van der Waals surface area contributed by atoms with Gasteiger partial charge < -0.3 is 24.8 Å². The fraction of sp³-hybridized carbons (Fsp3) is 0.207. The third kappa shape index (κ3) is 20.6. The zero-order valence-electron chi connectivity index (χ0n) is 66.3. The molecule has 121 heavy (non-hydrogen) atoms. The van der Waals surface area contributed by atoms with Crippen molar-refractivity contribution in [2.75, 3.05) is 55.7 Å². The van der Waals surface area contributed by atoms with Crippen LogP contribution in [0.1, 0.15) is 160 Å². The van der Waals surface area contributed by atoms with Crippen LogP contribution in [0.25, 0.3) is 0 Å². The molecule has 10 aromatic rings. The molecule has 0 aromatic heterocycles. The Bertz CT molecular complexity index is 5750. The van der Waals surface area contributed by atoms with Crippen LogP contribution in [0.2, 0.25) is 25.1 Å². The van der Waals surface area contributed by atoms with Gasteiger partial charge in [0.05, 0.1) is 91.0 Å². The van der Waals surface area contributed by atoms with Crippen molar-refractivity contribution >= 4 is 219 Å². The third-order valence-corrected chi connectivity index (χ3v) is 24.8. The quantitative estimate of drug-likeness (QED) is 0.0564. The molecule has 0 bridgehead atoms. The predicted molar refractivity (Wildman–Crippen MR) is 483 cm³/mol. The average Bonchev–Trinajstić information content (AvgIpc) is 1.23. The molecule has 29 heteroatoms. The number of ketones is 8. The summed E-state index contributed by atoms with van der Waals surface area (Å²) in [6.45, 7) is 12.0. The minimum Gasteiger partial charge on any atom is -0.489 e. The number of fused-ring (bicyclic) bond motifs is 8. The first-order chi connectivity index (χ1) is 57.7. The summed E-state index contributed by atoms with van der Waals surface area (Å²) in [5.74, 6) is 0.225. The zero-order chi connectivity index (χ0) is 87.5. The Morgan fingerprint density at radius 1 is 0.471 bits per heavy atom. The molecule has 620 valence electrons. The van der Waals surface area contributed by atoms with Gasteiger partial charge in [-0.25, -0.2) is 0 Å². The number of rotatable bonds is 4. The zero-order valence-corrected chi connectivity index (χ0v) is 74.0. The first kappa shape index (κ1) is 91.2. The smallest absolute Gasteiger partial charge is 0.258 e. The lowest BCUT2D eigenvalue weighted by molar-refractivity contribution is -0.117. The van der Waals surface area contributed by atoms with Crippen molar-refractivity contribution in [3.63, 3.8) is 0 Å². The van der Waals surface area contributed by atoms with Gasteiger partial charge in [0.1, 0.15) is 17.9 Å². The molecule has 8 aliphatic heterocycles. The highest BCUT2D eigenvalue weighted by Crippen LogP contribution is 2.47. The van der Waals surface area contributed by atoms with Gasteiger partial charge >= 0.3 is 0 Å². The van der Waals surface area contributed by atoms with Crippen LogP contribution in [0.3, 0.4) is 0 Å². The van der Waals surface area contributed by atoms with Gasteiger partial charge in [-0.2, -0.15) is 0 Å². The van der Waals surface area contributed by atoms with Crippen molar-refractivity contribution in [2.45, 2.75) is 106 Å². The van der Waals surface area contributed by atoms with Crippen molar-refractivity contribution in [1.29, 1.82) is 0 Å². The van der Waals surface area contributed by atoms with Gasteiger partial charge in [-0.3, -0.25) is 72.1 Å². The molecule has 0 radical (unpaired) electrons. The van der Waals surface area contributed by atoms with Crippen LogP contribution >= 0.6 is 109 Å². The van der Waals surface area contributed by atoms with Gasteiger partial charge in [0.15, 0.2) is 46.0 Å². The number of anilines is 6. The molecule has 10 aromatic carbocycles. The molecular weight excluding hydrogens is 1770 g/mol. The van der Waals surface area contributed by atoms with Crippen molar-refractivity contribution in [3.8, 4) is 5.75 Å². The largest absolute Gasteiger partial charge is 0.489 e. The Kier molecular flexibility index (Phi) is 30.5. The summed E-state index contributed by atoms with van der Waals surface area (Å²) in [5, 5.41) is 4.58. The minimum absolute atomic E-state index is 0.00250. The summed E-state index contributed by atoms with van der Waals surface area (Å²) in [6, 6.07) is 63.3. The van der Waals surface area contributed by atoms with Crippen molar-refractivity contribution in [3.05, 3.63) is 298 Å². The lowest BCUT2D eigenvalue weighted by atomic mass is 10.0. The Morgan fingerprint density at radius 2 is 0.975 bits per heavy atom. The molecule has 8 aliphatic rings. The van der Waals surface area contributed by atoms with E-state index in [1.54, 1.807) is 126 Å². The van der Waals surface area contributed by atoms with Crippen LogP contribution in [-0.2, 0) is 25.6 Å². The van der Waals surface area contributed by atoms with Crippen LogP contribution in [0, 0.1) is 0 Å². The molecule has 0 saturated carbocycles. The Balaban J connectivity index is 0.000000136. The van der Waals surface area contributed by atoms with E-state index in [1.807, 2.05) is 135 Å². The van der Waals surface area contributed by atoms with E-state index in [4.69, 9.17) is 74.3 Å². The number of carbonyl (C=O) groups is 13. The number of carbonyl (C=O) groups excluding carboxylic acids is 13. The van der Waals surface area contributed by atoms with Crippen LogP contribution in [-0.4, -0.2) is 131 Å². The van der Waals surface area contributed by atoms with E-state index in [0.29, 0.717) is 91.2 Å². The first-order valence-corrected chi connectivity index (χ1v) is 43.0. The van der Waals surface area contributed by atoms with E-state index in [-0.39, 0.29) is 128 Å². The van der Waals surface area contributed by atoms with Gasteiger partial charge in [0.2, 0.25) is 29.4 Å². The van der Waals surface area contributed by atoms with Crippen LogP contribution in [0.4, 0.5) is 34.1 Å². The number of para-hydroxylation sites is 4. The number of ether oxygens (including phenoxy) is 1. The predicted octanol–water partition coefficient (Wildman–Crippen LogP) is 20.9. The third-order valence-electron chi connectivity index (χ3n) is 20.0. The Hall–Kier alpha value is -10.6. The Morgan fingerprint density at radius 3 is 1.57 bits per heavy atom. The summed E-state index contributed by atoms with van der Waals surface area (Å²) in [6.07, 6.45) is 3.69. The van der Waals surface area contributed by atoms with Gasteiger partial charge in [-0.1, -0.05) is 190 Å². The van der Waals surface area contributed by atoms with E-state index in [1.165, 1.54) is 47.3 Å². The number of nitrogens with zero attached hydrogens (tertiary/aromatic N) is 5. The minimum atomic E-state index is -0.884. The number of hydrogen-bond donors (Lipinski definition) is 1. The summed E-state index contributed by atoms with van der Waals surface area (Å²) in [5.41, 5.74) is 9.66. The Labute approximate surface area is 745 Å². The second kappa shape index (κ2) is 40.4. The van der Waals surface area contributed by atoms with E-state index in [0.717, 1.165) is 48.1 Å². The second-order valence-corrected chi connectivity index (χ2v) is 34.0. The van der Waals surface area contributed by atoms with E-state index < -0.39 is 11.5 Å². The topological polar surface area (TPSA) is 259 Å². The molecule has 20 nitrogen and oxygen atoms in total. The number of alkyl halides is 1. The van der Waals surface area contributed by atoms with Crippen molar-refractivity contribution < 1.29 is 67.1 Å². The number of amides is 5. The number of thioether (sulfide) groups is 2. The normalized spacial score (nSPS) is 17.3. The van der Waals surface area contributed by atoms with E-state index >= 15 is 0 Å². The number of benzene rings is 10. The maximum Gasteiger partial charge on any atom is 0.258 e. The summed E-state index contributed by atoms with van der Waals surface area (Å²) in [4.78, 5) is 161. The van der Waals surface area contributed by atoms with Crippen LogP contribution < -0.4 is 34.6 Å². The highest BCUT2D eigenvalue weighted by atomic mass is 79.9. The van der Waals surface area contributed by atoms with Crippen molar-refractivity contribution in [1.82, 2.24) is 0 Å². The molecule has 8 heterocycles. The highest BCUT2D eigenvalue weighted by Gasteiger charge is 2.41. The molecule has 0 saturated heterocycles. The lowest BCUT2D eigenvalue weighted by Crippen LogP contribution is -2.40. The maximum atomic E-state index is 12.5. The van der Waals surface area contributed by atoms with E-state index in [2.05, 4.69) is 28.2 Å². The monoisotopic (exact) mass is 1840 g/mol. The SMILES string of the molecule is CC(=O)N1CC(=O)c2ccc(Br)cc21.CC(=O)N1c2ccccc2C(=O)C1C.CC(=O)N1c2ccccc2C(=O)C1Cc1ccccc1.CC(=O)N1c2ccccc2C(=O)C1Cl.CC1CC(=O)c2ccc(Cl)cc2S1.CSc1ccc2c(c1)C(=O)CC(C)O2.O=C1CN(C(=O)c2ccccc2)c2ccccc21.O=C1CNc2c(Cl)c(Cl)c(Cl)c(Cl)c21. The molecule has 0 aliphatic carbocycles. The lowest BCUT2D eigenvalue weighted by Gasteiger charge is -2.22. The molecule has 5 unspecified atom stereocenters. The standard InChI is InChI=1S/C17H15NO2.C15H11NO2.C11H11NO2.C11H12O2S.C10H8BrNO2.C10H8ClNO2.C10H9ClOS.C8H3Cl4NO/c1-12(19)18-15-10-6-5-9-14(15)17(20)16(18)11-13-7-3-2-4-8-13;17-14-10-16(13-9-5-4-8-12(13)14)15(18)11-6-2-1-3-7-11;1-7-11(14)9-5-3-4-6-10(9)12(7)8(2)13;1-7-5-10(12)9-6-8(14-2)3-4-11(9)13-7;1-6(13)12-5-10(14)8-3-2-7(11)4-9(8)12;1-6(13)12-8-5-3-2-4-7(8)9(14)10(12)11;1-6-4-9(12)8-3-2-7(11)5-10(8)13-6;9-4-3-2(14)1-13-8(3)7(12)6(11)5(4)10/h2-10,16H,11H2,1H3;1-9H,10H2;3-7H,1-2H3;3-4,6-7H,5H2,1-2H3;2-4H,5H2,1H3;2-5,10H,1H3;2-3,5-6H,4H2,1H3;13H,1H2. The summed E-state index contributed by atoms with van der Waals surface area (Å²) in [7, 11) is 0. The van der Waals surface area contributed by atoms with Crippen LogP contribution in [0.15, 0.2) is 227 Å². The second-order valence-electron chi connectivity index (χ2n) is 28.3. The first-order valence-electron chi connectivity index (χ1n) is 37.8. The maximum absolute atomic E-state index is 12.5. The van der Waals surface area contributed by atoms with Gasteiger partial charge in [0, 0.05) is 110 Å².